The summed E-state index contributed by atoms with van der Waals surface area (Å²) in [6.45, 7) is 5.86. The van der Waals surface area contributed by atoms with E-state index in [0.29, 0.717) is 11.4 Å². The van der Waals surface area contributed by atoms with Gasteiger partial charge in [-0.15, -0.1) is 0 Å². The number of rotatable bonds is 5. The molecule has 2 N–H and O–H groups in total. The van der Waals surface area contributed by atoms with E-state index in [1.165, 1.54) is 14.1 Å². The fourth-order valence-electron chi connectivity index (χ4n) is 3.14. The van der Waals surface area contributed by atoms with Crippen LogP contribution in [-0.2, 0) is 18.9 Å². The van der Waals surface area contributed by atoms with Gasteiger partial charge >= 0.3 is 5.69 Å². The highest BCUT2D eigenvalue weighted by molar-refractivity contribution is 9.10. The van der Waals surface area contributed by atoms with Crippen molar-refractivity contribution in [2.45, 2.75) is 20.8 Å². The number of aromatic nitrogens is 2. The molecule has 0 saturated heterocycles. The minimum absolute atomic E-state index is 0.0740. The summed E-state index contributed by atoms with van der Waals surface area (Å²) in [7, 11) is 2.69. The van der Waals surface area contributed by atoms with E-state index in [-0.39, 0.29) is 22.3 Å². The maximum absolute atomic E-state index is 12.9. The first-order valence-electron chi connectivity index (χ1n) is 10.3. The predicted octanol–water partition coefficient (Wildman–Crippen LogP) is 3.93. The molecule has 0 saturated carbocycles. The number of aliphatic imine (C=N–C) groups is 1. The van der Waals surface area contributed by atoms with Gasteiger partial charge in [0.25, 0.3) is 5.56 Å². The largest absolute Gasteiger partial charge is 0.494 e. The Morgan fingerprint density at radius 2 is 1.76 bits per heavy atom. The summed E-state index contributed by atoms with van der Waals surface area (Å²) >= 11 is 4.44. The Morgan fingerprint density at radius 3 is 2.41 bits per heavy atom. The van der Waals surface area contributed by atoms with E-state index < -0.39 is 17.1 Å². The lowest BCUT2D eigenvalue weighted by atomic mass is 10.1. The third kappa shape index (κ3) is 5.51. The number of amides is 1. The molecule has 1 amide bonds. The Balaban J connectivity index is 2.00. The van der Waals surface area contributed by atoms with Gasteiger partial charge in [0, 0.05) is 18.6 Å². The van der Waals surface area contributed by atoms with Gasteiger partial charge in [-0.3, -0.25) is 18.7 Å². The summed E-state index contributed by atoms with van der Waals surface area (Å²) in [5, 5.41) is 13.6. The van der Waals surface area contributed by atoms with Crippen LogP contribution in [0.15, 0.2) is 55.5 Å². The lowest BCUT2D eigenvalue weighted by Crippen LogP contribution is -2.39. The summed E-state index contributed by atoms with van der Waals surface area (Å²) in [4.78, 5) is 42.4. The molecule has 0 bridgehead atoms. The zero-order chi connectivity index (χ0) is 25.2. The van der Waals surface area contributed by atoms with Crippen LogP contribution >= 0.6 is 27.7 Å². The van der Waals surface area contributed by atoms with E-state index in [1.54, 1.807) is 12.1 Å². The maximum atomic E-state index is 12.9. The third-order valence-corrected chi connectivity index (χ3v) is 6.94. The molecule has 1 heterocycles. The highest BCUT2D eigenvalue weighted by Crippen LogP contribution is 2.26. The Labute approximate surface area is 209 Å². The summed E-state index contributed by atoms with van der Waals surface area (Å²) < 4.78 is 2.62. The summed E-state index contributed by atoms with van der Waals surface area (Å²) in [5.41, 5.74) is 2.80. The van der Waals surface area contributed by atoms with Gasteiger partial charge in [-0.25, -0.2) is 9.79 Å². The van der Waals surface area contributed by atoms with Crippen LogP contribution in [0.2, 0.25) is 0 Å². The van der Waals surface area contributed by atoms with Crippen LogP contribution in [-0.4, -0.2) is 30.9 Å². The van der Waals surface area contributed by atoms with Crippen molar-refractivity contribution in [3.8, 4) is 5.88 Å². The van der Waals surface area contributed by atoms with Crippen LogP contribution in [0, 0.1) is 20.8 Å². The first kappa shape index (κ1) is 25.5. The van der Waals surface area contributed by atoms with E-state index in [9.17, 15) is 19.5 Å². The van der Waals surface area contributed by atoms with Crippen molar-refractivity contribution in [3.05, 3.63) is 84.0 Å². The quantitative estimate of drug-likeness (QED) is 0.374. The van der Waals surface area contributed by atoms with Gasteiger partial charge in [0.1, 0.15) is 10.6 Å². The highest BCUT2D eigenvalue weighted by atomic mass is 79.9. The number of carbonyl (C=O) groups is 1. The normalized spacial score (nSPS) is 11.5. The molecule has 2 aromatic carbocycles. The molecule has 0 spiro atoms. The molecular formula is C24H25BrN4O4S. The van der Waals surface area contributed by atoms with Crippen LogP contribution in [0.25, 0.3) is 0 Å². The molecule has 0 radical (unpaired) electrons. The van der Waals surface area contributed by atoms with Crippen LogP contribution in [0.3, 0.4) is 0 Å². The van der Waals surface area contributed by atoms with Gasteiger partial charge in [0.15, 0.2) is 0 Å². The molecule has 0 atom stereocenters. The van der Waals surface area contributed by atoms with E-state index in [4.69, 9.17) is 0 Å². The lowest BCUT2D eigenvalue weighted by molar-refractivity contribution is -0.113. The molecule has 0 aliphatic heterocycles. The second-order valence-electron chi connectivity index (χ2n) is 7.91. The summed E-state index contributed by atoms with van der Waals surface area (Å²) in [6, 6.07) is 11.1. The minimum atomic E-state index is -0.697. The molecule has 178 valence electrons. The van der Waals surface area contributed by atoms with Crippen LogP contribution < -0.4 is 16.6 Å². The van der Waals surface area contributed by atoms with Gasteiger partial charge in [-0.05, 0) is 77.7 Å². The number of halogens is 1. The Bertz CT molecular complexity index is 1430. The molecule has 10 heteroatoms. The van der Waals surface area contributed by atoms with Crippen LogP contribution in [0.1, 0.15) is 22.3 Å². The number of aromatic hydroxyl groups is 1. The van der Waals surface area contributed by atoms with Crippen molar-refractivity contribution in [3.63, 3.8) is 0 Å². The Morgan fingerprint density at radius 1 is 1.06 bits per heavy atom. The molecule has 1 aromatic heterocycles. The average Bonchev–Trinajstić information content (AvgIpc) is 2.79. The second-order valence-corrected chi connectivity index (χ2v) is 9.73. The lowest BCUT2D eigenvalue weighted by Gasteiger charge is -2.13. The van der Waals surface area contributed by atoms with E-state index >= 15 is 0 Å². The fraction of sp³-hybridized carbons (Fsp3) is 0.250. The van der Waals surface area contributed by atoms with Crippen LogP contribution in [0.4, 0.5) is 11.4 Å². The number of hydrogen-bond acceptors (Lipinski definition) is 6. The summed E-state index contributed by atoms with van der Waals surface area (Å²) in [6.07, 6.45) is 0. The molecule has 8 nitrogen and oxygen atoms in total. The topological polar surface area (TPSA) is 106 Å². The molecular weight excluding hydrogens is 520 g/mol. The highest BCUT2D eigenvalue weighted by Gasteiger charge is 2.22. The smallest absolute Gasteiger partial charge is 0.333 e. The third-order valence-electron chi connectivity index (χ3n) is 5.31. The predicted molar refractivity (Wildman–Crippen MR) is 141 cm³/mol. The van der Waals surface area contributed by atoms with Gasteiger partial charge in [0.2, 0.25) is 11.8 Å². The SMILES string of the molecule is Cc1ccc(NC(=O)CSC(=Nc2ccc(C)c(C)c2)c2c(O)n(C)c(=O)n(C)c2=O)c(Br)c1. The maximum Gasteiger partial charge on any atom is 0.333 e. The number of aryl methyl sites for hydroxylation is 3. The minimum Gasteiger partial charge on any atom is -0.494 e. The van der Waals surface area contributed by atoms with Gasteiger partial charge in [0.05, 0.1) is 17.1 Å². The molecule has 0 unspecified atom stereocenters. The fourth-order valence-corrected chi connectivity index (χ4v) is 4.56. The zero-order valence-corrected chi connectivity index (χ0v) is 21.9. The van der Waals surface area contributed by atoms with E-state index in [2.05, 4.69) is 26.2 Å². The molecule has 0 fully saturated rings. The van der Waals surface area contributed by atoms with Crippen molar-refractivity contribution in [2.75, 3.05) is 11.1 Å². The number of carbonyl (C=O) groups excluding carboxylic acids is 1. The summed E-state index contributed by atoms with van der Waals surface area (Å²) in [5.74, 6) is -0.900. The molecule has 0 aliphatic rings. The van der Waals surface area contributed by atoms with Crippen molar-refractivity contribution in [2.24, 2.45) is 19.1 Å². The Kier molecular flexibility index (Phi) is 7.83. The molecule has 34 heavy (non-hydrogen) atoms. The van der Waals surface area contributed by atoms with Crippen molar-refractivity contribution >= 4 is 50.0 Å². The monoisotopic (exact) mass is 544 g/mol. The molecule has 0 aliphatic carbocycles. The average molecular weight is 545 g/mol. The first-order chi connectivity index (χ1) is 16.0. The number of benzene rings is 2. The molecule has 3 aromatic rings. The van der Waals surface area contributed by atoms with E-state index in [1.807, 2.05) is 45.0 Å². The van der Waals surface area contributed by atoms with Gasteiger partial charge in [-0.2, -0.15) is 0 Å². The zero-order valence-electron chi connectivity index (χ0n) is 19.5. The van der Waals surface area contributed by atoms with Crippen LogP contribution in [0.5, 0.6) is 5.88 Å². The van der Waals surface area contributed by atoms with Gasteiger partial charge in [-0.1, -0.05) is 23.9 Å². The first-order valence-corrected chi connectivity index (χ1v) is 12.1. The standard InChI is InChI=1S/C24H25BrN4O4S/c1-13-6-9-18(17(25)10-13)27-19(30)12-34-21(26-16-8-7-14(2)15(3)11-16)20-22(31)28(4)24(33)29(5)23(20)32/h6-11,31H,12H2,1-5H3,(H,27,30). The number of nitrogens with zero attached hydrogens (tertiary/aromatic N) is 3. The number of nitrogens with one attached hydrogen (secondary N) is 1. The number of hydrogen-bond donors (Lipinski definition) is 2. The van der Waals surface area contributed by atoms with Gasteiger partial charge < -0.3 is 10.4 Å². The van der Waals surface area contributed by atoms with Crippen molar-refractivity contribution in [1.82, 2.24) is 9.13 Å². The Hall–Kier alpha value is -3.11. The number of thioether (sulfide) groups is 1. The van der Waals surface area contributed by atoms with Crippen molar-refractivity contribution < 1.29 is 9.90 Å². The number of anilines is 1. The van der Waals surface area contributed by atoms with E-state index in [0.717, 1.165) is 42.1 Å². The van der Waals surface area contributed by atoms with Crippen molar-refractivity contribution in [1.29, 1.82) is 0 Å². The second kappa shape index (κ2) is 10.4. The molecule has 3 rings (SSSR count).